The molecule has 0 bridgehead atoms. The number of hydrogen-bond donors (Lipinski definition) is 1. The molecule has 0 radical (unpaired) electrons. The summed E-state index contributed by atoms with van der Waals surface area (Å²) in [7, 11) is 0. The summed E-state index contributed by atoms with van der Waals surface area (Å²) in [4.78, 5) is 28.7. The van der Waals surface area contributed by atoms with Crippen LogP contribution in [0.2, 0.25) is 0 Å². The summed E-state index contributed by atoms with van der Waals surface area (Å²) >= 11 is 0. The molecule has 134 valence electrons. The number of amides is 2. The molecule has 1 aliphatic heterocycles. The molecule has 0 atom stereocenters. The van der Waals surface area contributed by atoms with Crippen molar-refractivity contribution in [2.45, 2.75) is 13.0 Å². The lowest BCUT2D eigenvalue weighted by atomic mass is 10.2. The number of rotatable bonds is 3. The minimum Gasteiger partial charge on any atom is -0.339 e. The van der Waals surface area contributed by atoms with Crippen LogP contribution < -0.4 is 0 Å². The molecule has 8 nitrogen and oxygen atoms in total. The molecular weight excluding hydrogens is 332 g/mol. The fourth-order valence-corrected chi connectivity index (χ4v) is 3.36. The van der Waals surface area contributed by atoms with Gasteiger partial charge in [0.05, 0.1) is 6.20 Å². The molecule has 0 aliphatic carbocycles. The van der Waals surface area contributed by atoms with Gasteiger partial charge in [0.15, 0.2) is 5.69 Å². The van der Waals surface area contributed by atoms with Gasteiger partial charge in [-0.1, -0.05) is 18.2 Å². The number of hydrogen-bond acceptors (Lipinski definition) is 4. The van der Waals surface area contributed by atoms with Gasteiger partial charge in [0, 0.05) is 37.9 Å². The molecule has 0 spiro atoms. The molecule has 2 amide bonds. The Labute approximate surface area is 150 Å². The monoisotopic (exact) mass is 352 g/mol. The Hall–Kier alpha value is -3.16. The van der Waals surface area contributed by atoms with E-state index in [9.17, 15) is 9.59 Å². The number of fused-ring (bicyclic) bond motifs is 1. The van der Waals surface area contributed by atoms with Crippen LogP contribution in [0.3, 0.4) is 0 Å². The Kier molecular flexibility index (Phi) is 4.39. The highest BCUT2D eigenvalue weighted by molar-refractivity contribution is 5.92. The highest BCUT2D eigenvalue weighted by Gasteiger charge is 2.24. The van der Waals surface area contributed by atoms with E-state index in [0.717, 1.165) is 17.3 Å². The number of aromatic amines is 1. The Morgan fingerprint density at radius 3 is 2.69 bits per heavy atom. The van der Waals surface area contributed by atoms with Crippen molar-refractivity contribution in [2.24, 2.45) is 0 Å². The maximum Gasteiger partial charge on any atom is 0.276 e. The van der Waals surface area contributed by atoms with Gasteiger partial charge in [0.25, 0.3) is 5.91 Å². The maximum atomic E-state index is 12.7. The zero-order valence-corrected chi connectivity index (χ0v) is 14.3. The van der Waals surface area contributed by atoms with Crippen molar-refractivity contribution >= 4 is 22.7 Å². The van der Waals surface area contributed by atoms with Crippen LogP contribution in [0, 0.1) is 0 Å². The van der Waals surface area contributed by atoms with Crippen molar-refractivity contribution in [3.05, 3.63) is 48.4 Å². The van der Waals surface area contributed by atoms with Gasteiger partial charge in [0.2, 0.25) is 5.91 Å². The van der Waals surface area contributed by atoms with Crippen LogP contribution >= 0.6 is 0 Å². The Morgan fingerprint density at radius 2 is 1.85 bits per heavy atom. The first-order valence-electron chi connectivity index (χ1n) is 8.69. The van der Waals surface area contributed by atoms with E-state index in [1.165, 1.54) is 6.20 Å². The molecule has 1 fully saturated rings. The van der Waals surface area contributed by atoms with Crippen molar-refractivity contribution in [2.75, 3.05) is 26.2 Å². The minimum absolute atomic E-state index is 0.0714. The van der Waals surface area contributed by atoms with E-state index in [2.05, 4.69) is 15.4 Å². The second-order valence-corrected chi connectivity index (χ2v) is 6.38. The van der Waals surface area contributed by atoms with Crippen molar-refractivity contribution in [1.29, 1.82) is 0 Å². The molecule has 3 aromatic rings. The number of aromatic nitrogens is 4. The van der Waals surface area contributed by atoms with E-state index in [4.69, 9.17) is 0 Å². The van der Waals surface area contributed by atoms with Crippen LogP contribution in [0.5, 0.6) is 0 Å². The topological polar surface area (TPSA) is 87.1 Å². The van der Waals surface area contributed by atoms with E-state index in [1.54, 1.807) is 4.90 Å². The molecular formula is C18H20N6O2. The fraction of sp³-hybridized carbons (Fsp3) is 0.333. The number of benzene rings is 1. The lowest BCUT2D eigenvalue weighted by Gasteiger charge is -2.22. The third-order valence-electron chi connectivity index (χ3n) is 4.76. The van der Waals surface area contributed by atoms with Crippen LogP contribution in [-0.4, -0.2) is 67.8 Å². The van der Waals surface area contributed by atoms with Gasteiger partial charge < -0.3 is 14.4 Å². The number of para-hydroxylation sites is 1. The average Bonchev–Trinajstić information content (AvgIpc) is 3.26. The minimum atomic E-state index is -0.149. The van der Waals surface area contributed by atoms with Gasteiger partial charge in [-0.05, 0) is 23.9 Å². The van der Waals surface area contributed by atoms with Crippen LogP contribution in [0.15, 0.2) is 42.7 Å². The molecule has 1 aliphatic rings. The maximum absolute atomic E-state index is 12.7. The number of H-pyrrole nitrogens is 1. The van der Waals surface area contributed by atoms with Crippen molar-refractivity contribution in [3.8, 4) is 0 Å². The second-order valence-electron chi connectivity index (χ2n) is 6.38. The van der Waals surface area contributed by atoms with Gasteiger partial charge in [-0.15, -0.1) is 0 Å². The van der Waals surface area contributed by atoms with Crippen LogP contribution in [-0.2, 0) is 11.3 Å². The lowest BCUT2D eigenvalue weighted by Crippen LogP contribution is -2.38. The van der Waals surface area contributed by atoms with E-state index in [0.29, 0.717) is 38.4 Å². The Morgan fingerprint density at radius 1 is 1.04 bits per heavy atom. The first-order valence-corrected chi connectivity index (χ1v) is 8.69. The molecule has 2 aromatic heterocycles. The number of carbonyl (C=O) groups is 2. The summed E-state index contributed by atoms with van der Waals surface area (Å²) in [6.45, 7) is 2.61. The number of nitrogens with one attached hydrogen (secondary N) is 1. The molecule has 3 heterocycles. The summed E-state index contributed by atoms with van der Waals surface area (Å²) in [6, 6.07) is 10.0. The smallest absolute Gasteiger partial charge is 0.276 e. The molecule has 1 N–H and O–H groups in total. The van der Waals surface area contributed by atoms with Crippen molar-refractivity contribution in [1.82, 2.24) is 29.8 Å². The van der Waals surface area contributed by atoms with Gasteiger partial charge in [-0.25, -0.2) is 0 Å². The zero-order valence-electron chi connectivity index (χ0n) is 14.3. The third kappa shape index (κ3) is 3.17. The average molecular weight is 352 g/mol. The standard InChI is InChI=1S/C18H20N6O2/c25-17(13-24-9-6-14-4-1-2-5-16(14)24)22-7-3-8-23(11-10-22)18(26)15-12-19-21-20-15/h1-2,4-6,9,12H,3,7-8,10-11,13H2,(H,19,20,21). The summed E-state index contributed by atoms with van der Waals surface area (Å²) in [5.41, 5.74) is 1.36. The van der Waals surface area contributed by atoms with Crippen LogP contribution in [0.1, 0.15) is 16.9 Å². The third-order valence-corrected chi connectivity index (χ3v) is 4.76. The lowest BCUT2D eigenvalue weighted by molar-refractivity contribution is -0.131. The van der Waals surface area contributed by atoms with E-state index in [-0.39, 0.29) is 11.8 Å². The fourth-order valence-electron chi connectivity index (χ4n) is 3.36. The first kappa shape index (κ1) is 16.3. The normalized spacial score (nSPS) is 15.2. The van der Waals surface area contributed by atoms with Crippen molar-refractivity contribution < 1.29 is 9.59 Å². The van der Waals surface area contributed by atoms with Gasteiger partial charge >= 0.3 is 0 Å². The van der Waals surface area contributed by atoms with Gasteiger partial charge in [0.1, 0.15) is 6.54 Å². The summed E-state index contributed by atoms with van der Waals surface area (Å²) < 4.78 is 1.97. The molecule has 8 heteroatoms. The van der Waals surface area contributed by atoms with Gasteiger partial charge in [-0.3, -0.25) is 9.59 Å². The quantitative estimate of drug-likeness (QED) is 0.766. The van der Waals surface area contributed by atoms with E-state index >= 15 is 0 Å². The Bertz CT molecular complexity index is 917. The SMILES string of the molecule is O=C(Cn1ccc2ccccc21)N1CCCN(C(=O)c2cn[nH]n2)CC1. The molecule has 4 rings (SSSR count). The highest BCUT2D eigenvalue weighted by atomic mass is 16.2. The Balaban J connectivity index is 1.40. The predicted octanol–water partition coefficient (Wildman–Crippen LogP) is 1.13. The number of nitrogens with zero attached hydrogens (tertiary/aromatic N) is 5. The number of carbonyl (C=O) groups excluding carboxylic acids is 2. The van der Waals surface area contributed by atoms with Crippen LogP contribution in [0.25, 0.3) is 10.9 Å². The van der Waals surface area contributed by atoms with Gasteiger partial charge in [-0.2, -0.15) is 15.4 Å². The van der Waals surface area contributed by atoms with E-state index < -0.39 is 0 Å². The van der Waals surface area contributed by atoms with Crippen molar-refractivity contribution in [3.63, 3.8) is 0 Å². The second kappa shape index (κ2) is 6.99. The first-order chi connectivity index (χ1) is 12.7. The van der Waals surface area contributed by atoms with Crippen LogP contribution in [0.4, 0.5) is 0 Å². The molecule has 0 saturated carbocycles. The van der Waals surface area contributed by atoms with E-state index in [1.807, 2.05) is 46.0 Å². The summed E-state index contributed by atoms with van der Waals surface area (Å²) in [5, 5.41) is 11.1. The molecule has 26 heavy (non-hydrogen) atoms. The molecule has 0 unspecified atom stereocenters. The largest absolute Gasteiger partial charge is 0.339 e. The zero-order chi connectivity index (χ0) is 17.9. The summed E-state index contributed by atoms with van der Waals surface area (Å²) in [6.07, 6.45) is 4.12. The highest BCUT2D eigenvalue weighted by Crippen LogP contribution is 2.16. The molecule has 1 aromatic carbocycles. The summed E-state index contributed by atoms with van der Waals surface area (Å²) in [5.74, 6) is -0.0773. The predicted molar refractivity (Wildman–Crippen MR) is 95.4 cm³/mol. The molecule has 1 saturated heterocycles.